The molecule has 6 nitrogen and oxygen atoms in total. The van der Waals surface area contributed by atoms with Crippen molar-refractivity contribution >= 4 is 18.7 Å². The Bertz CT molecular complexity index is 628. The van der Waals surface area contributed by atoms with Crippen LogP contribution in [0.2, 0.25) is 0 Å². The number of allylic oxidation sites excluding steroid dienone is 6. The third kappa shape index (κ3) is 13.3. The van der Waals surface area contributed by atoms with Gasteiger partial charge in [-0.1, -0.05) is 26.0 Å². The second-order valence-corrected chi connectivity index (χ2v) is 5.98. The highest BCUT2D eigenvalue weighted by atomic mass is 16.1. The molecule has 0 aromatic heterocycles. The maximum atomic E-state index is 10.6. The van der Waals surface area contributed by atoms with Gasteiger partial charge in [0.2, 0.25) is 0 Å². The predicted molar refractivity (Wildman–Crippen MR) is 133 cm³/mol. The van der Waals surface area contributed by atoms with E-state index in [4.69, 9.17) is 0 Å². The molecular weight excluding hydrogens is 374 g/mol. The van der Waals surface area contributed by atoms with Gasteiger partial charge in [0.05, 0.1) is 6.54 Å². The molecule has 0 saturated carbocycles. The molecule has 6 heteroatoms. The minimum Gasteiger partial charge on any atom is -0.388 e. The number of hydrazone groups is 2. The van der Waals surface area contributed by atoms with E-state index in [2.05, 4.69) is 53.8 Å². The maximum Gasteiger partial charge on any atom is 0.144 e. The van der Waals surface area contributed by atoms with Crippen LogP contribution in [0.3, 0.4) is 0 Å². The van der Waals surface area contributed by atoms with Crippen molar-refractivity contribution in [2.24, 2.45) is 10.2 Å². The summed E-state index contributed by atoms with van der Waals surface area (Å²) in [5, 5.41) is 15.3. The molecular formula is C24H41N5O. The van der Waals surface area contributed by atoms with Crippen LogP contribution in [-0.4, -0.2) is 56.4 Å². The quantitative estimate of drug-likeness (QED) is 0.171. The van der Waals surface area contributed by atoms with Gasteiger partial charge in [-0.15, -0.1) is 13.2 Å². The highest BCUT2D eigenvalue weighted by Gasteiger charge is 2.11. The lowest BCUT2D eigenvalue weighted by Gasteiger charge is -2.18. The first-order valence-electron chi connectivity index (χ1n) is 10.5. The van der Waals surface area contributed by atoms with Gasteiger partial charge in [-0.25, -0.2) is 0 Å². The van der Waals surface area contributed by atoms with Crippen LogP contribution in [0.25, 0.3) is 0 Å². The first kappa shape index (κ1) is 29.3. The van der Waals surface area contributed by atoms with E-state index in [1.807, 2.05) is 41.2 Å². The first-order chi connectivity index (χ1) is 14.6. The van der Waals surface area contributed by atoms with Crippen molar-refractivity contribution < 1.29 is 4.79 Å². The van der Waals surface area contributed by atoms with Crippen LogP contribution in [0.1, 0.15) is 46.5 Å². The van der Waals surface area contributed by atoms with Crippen LogP contribution in [0, 0.1) is 0 Å². The molecule has 0 bridgehead atoms. The van der Waals surface area contributed by atoms with E-state index in [0.717, 1.165) is 32.0 Å². The Morgan fingerprint density at radius 1 is 1.23 bits per heavy atom. The number of carbonyl (C=O) groups excluding carboxylic acids is 1. The van der Waals surface area contributed by atoms with Gasteiger partial charge in [-0.3, -0.25) is 9.80 Å². The third-order valence-corrected chi connectivity index (χ3v) is 3.87. The fraction of sp³-hybridized carbons (Fsp3) is 0.458. The summed E-state index contributed by atoms with van der Waals surface area (Å²) in [7, 11) is 5.68. The predicted octanol–water partition coefficient (Wildman–Crippen LogP) is 4.91. The minimum atomic E-state index is 0.509. The minimum absolute atomic E-state index is 0.509. The third-order valence-electron chi connectivity index (χ3n) is 3.87. The summed E-state index contributed by atoms with van der Waals surface area (Å²) in [4.78, 5) is 10.6. The molecule has 0 unspecified atom stereocenters. The monoisotopic (exact) mass is 415 g/mol. The smallest absolute Gasteiger partial charge is 0.144 e. The van der Waals surface area contributed by atoms with Crippen LogP contribution in [-0.2, 0) is 4.79 Å². The Labute approximate surface area is 184 Å². The summed E-state index contributed by atoms with van der Waals surface area (Å²) in [6.07, 6.45) is 17.9. The van der Waals surface area contributed by atoms with Gasteiger partial charge < -0.3 is 10.3 Å². The number of carbonyl (C=O) groups is 1. The first-order valence-corrected chi connectivity index (χ1v) is 10.5. The normalized spacial score (nSPS) is 13.7. The summed E-state index contributed by atoms with van der Waals surface area (Å²) in [5.41, 5.74) is 3.95. The molecule has 0 aromatic carbocycles. The van der Waals surface area contributed by atoms with Crippen molar-refractivity contribution in [3.8, 4) is 0 Å². The summed E-state index contributed by atoms with van der Waals surface area (Å²) in [5.74, 6) is 0. The number of nitrogens with one attached hydrogen (secondary N) is 1. The molecule has 0 spiro atoms. The van der Waals surface area contributed by atoms with Crippen LogP contribution in [0.15, 0.2) is 70.7 Å². The molecule has 0 aromatic rings. The van der Waals surface area contributed by atoms with E-state index < -0.39 is 0 Å². The Balaban J connectivity index is 0. The molecule has 0 saturated heterocycles. The van der Waals surface area contributed by atoms with E-state index in [9.17, 15) is 4.79 Å². The molecule has 0 radical (unpaired) electrons. The fourth-order valence-electron chi connectivity index (χ4n) is 2.65. The van der Waals surface area contributed by atoms with Gasteiger partial charge >= 0.3 is 0 Å². The van der Waals surface area contributed by atoms with E-state index in [-0.39, 0.29) is 0 Å². The molecule has 0 atom stereocenters. The van der Waals surface area contributed by atoms with Crippen molar-refractivity contribution in [3.63, 3.8) is 0 Å². The Hall–Kier alpha value is -2.89. The van der Waals surface area contributed by atoms with Crippen molar-refractivity contribution in [2.75, 3.05) is 27.7 Å². The van der Waals surface area contributed by atoms with E-state index in [1.54, 1.807) is 22.4 Å². The lowest BCUT2D eigenvalue weighted by Crippen LogP contribution is -2.15. The number of nitrogens with zero attached hydrogens (tertiary/aromatic N) is 4. The van der Waals surface area contributed by atoms with Gasteiger partial charge in [-0.05, 0) is 55.9 Å². The molecule has 30 heavy (non-hydrogen) atoms. The summed E-state index contributed by atoms with van der Waals surface area (Å²) in [6, 6.07) is 0. The fourth-order valence-corrected chi connectivity index (χ4v) is 2.65. The van der Waals surface area contributed by atoms with E-state index >= 15 is 0 Å². The second-order valence-electron chi connectivity index (χ2n) is 5.98. The molecule has 1 rings (SSSR count). The van der Waals surface area contributed by atoms with Gasteiger partial charge in [0.25, 0.3) is 0 Å². The van der Waals surface area contributed by atoms with Crippen LogP contribution in [0.4, 0.5) is 0 Å². The van der Waals surface area contributed by atoms with E-state index in [1.165, 1.54) is 22.9 Å². The average molecular weight is 416 g/mol. The number of hydrogen-bond acceptors (Lipinski definition) is 6. The molecule has 0 aliphatic heterocycles. The molecule has 1 aliphatic rings. The van der Waals surface area contributed by atoms with Crippen LogP contribution >= 0.6 is 0 Å². The zero-order chi connectivity index (χ0) is 23.2. The molecule has 0 heterocycles. The van der Waals surface area contributed by atoms with Crippen molar-refractivity contribution in [3.05, 3.63) is 60.5 Å². The Morgan fingerprint density at radius 2 is 1.93 bits per heavy atom. The van der Waals surface area contributed by atoms with Crippen LogP contribution < -0.4 is 5.32 Å². The Kier molecular flexibility index (Phi) is 20.4. The van der Waals surface area contributed by atoms with Gasteiger partial charge in [0.15, 0.2) is 0 Å². The number of hydrogen-bond donors (Lipinski definition) is 1. The zero-order valence-electron chi connectivity index (χ0n) is 19.8. The average Bonchev–Trinajstić information content (AvgIpc) is 2.79. The van der Waals surface area contributed by atoms with Gasteiger partial charge in [0.1, 0.15) is 6.29 Å². The lowest BCUT2D eigenvalue weighted by molar-refractivity contribution is -0.104. The van der Waals surface area contributed by atoms with Gasteiger partial charge in [0, 0.05) is 45.5 Å². The summed E-state index contributed by atoms with van der Waals surface area (Å²) >= 11 is 0. The van der Waals surface area contributed by atoms with Gasteiger partial charge in [-0.2, -0.15) is 10.2 Å². The topological polar surface area (TPSA) is 60.3 Å². The molecule has 1 aliphatic carbocycles. The number of aldehydes is 1. The summed E-state index contributed by atoms with van der Waals surface area (Å²) in [6.45, 7) is 12.6. The molecule has 168 valence electrons. The second kappa shape index (κ2) is 20.8. The molecule has 0 fully saturated rings. The maximum absolute atomic E-state index is 10.6. The van der Waals surface area contributed by atoms with E-state index in [0.29, 0.717) is 6.54 Å². The van der Waals surface area contributed by atoms with Crippen molar-refractivity contribution in [2.45, 2.75) is 46.5 Å². The zero-order valence-corrected chi connectivity index (χ0v) is 19.8. The SMILES string of the molecule is C/C=C(/CC/C=N/N(/C=C\C=O)C/C=N\N(C)C)C1=C(NC)C=CCC1.C=C.CC. The number of rotatable bonds is 11. The van der Waals surface area contributed by atoms with Crippen molar-refractivity contribution in [1.29, 1.82) is 0 Å². The van der Waals surface area contributed by atoms with Crippen LogP contribution in [0.5, 0.6) is 0 Å². The Morgan fingerprint density at radius 3 is 2.50 bits per heavy atom. The highest BCUT2D eigenvalue weighted by molar-refractivity contribution is 5.65. The summed E-state index contributed by atoms with van der Waals surface area (Å²) < 4.78 is 0. The molecule has 1 N–H and O–H groups in total. The standard InChI is InChI=1S/C20H31N5O.C2H6.C2H4/c1-5-18(19-11-6-7-12-20(19)21-2)10-8-13-23-25(15-9-17-26)16-14-22-24(3)4;2*1-2/h5,7,9,12-15,17,21H,6,8,10-11,16H2,1-4H3;1-2H3;1-2H2/b15-9-,18-5-,22-14-,23-13+;;. The highest BCUT2D eigenvalue weighted by Crippen LogP contribution is 2.26. The molecule has 0 amide bonds. The largest absolute Gasteiger partial charge is 0.388 e. The number of likely N-dealkylation sites (N-methyl/N-ethyl adjacent to an activating group) is 1. The lowest BCUT2D eigenvalue weighted by atomic mass is 9.92. The van der Waals surface area contributed by atoms with Crippen molar-refractivity contribution in [1.82, 2.24) is 15.3 Å².